The first kappa shape index (κ1) is 10.8. The summed E-state index contributed by atoms with van der Waals surface area (Å²) in [5, 5.41) is 6.32. The average Bonchev–Trinajstić information content (AvgIpc) is 2.67. The lowest BCUT2D eigenvalue weighted by molar-refractivity contribution is 0.951. The van der Waals surface area contributed by atoms with Crippen molar-refractivity contribution in [3.05, 3.63) is 34.2 Å². The number of amidine groups is 1. The second kappa shape index (κ2) is 4.43. The fourth-order valence-corrected chi connectivity index (χ4v) is 2.28. The van der Waals surface area contributed by atoms with Gasteiger partial charge in [-0.05, 0) is 31.4 Å². The molecule has 16 heavy (non-hydrogen) atoms. The van der Waals surface area contributed by atoms with Gasteiger partial charge in [0.25, 0.3) is 0 Å². The SMILES string of the molecule is Cc1cccc(C)c1N1CCC/C1=N\N=O. The standard InChI is InChI=1S/C12H15N3O/c1-9-5-3-6-10(2)12(9)15-8-4-7-11(15)13-14-16/h3,5-6H,4,7-8H2,1-2H3/b13-11+. The molecule has 1 saturated heterocycles. The number of rotatable bonds is 2. The summed E-state index contributed by atoms with van der Waals surface area (Å²) in [6, 6.07) is 6.19. The number of para-hydroxylation sites is 1. The predicted molar refractivity (Wildman–Crippen MR) is 65.7 cm³/mol. The third-order valence-corrected chi connectivity index (χ3v) is 2.96. The molecule has 0 aliphatic carbocycles. The minimum Gasteiger partial charge on any atom is -0.328 e. The molecule has 1 aliphatic rings. The van der Waals surface area contributed by atoms with Crippen LogP contribution in [0.15, 0.2) is 28.6 Å². The van der Waals surface area contributed by atoms with Crippen molar-refractivity contribution in [1.29, 1.82) is 0 Å². The summed E-state index contributed by atoms with van der Waals surface area (Å²) in [7, 11) is 0. The summed E-state index contributed by atoms with van der Waals surface area (Å²) >= 11 is 0. The highest BCUT2D eigenvalue weighted by atomic mass is 16.3. The molecule has 0 saturated carbocycles. The largest absolute Gasteiger partial charge is 0.328 e. The molecule has 1 aromatic carbocycles. The van der Waals surface area contributed by atoms with Crippen LogP contribution in [-0.2, 0) is 0 Å². The van der Waals surface area contributed by atoms with Gasteiger partial charge in [0.2, 0.25) is 0 Å². The monoisotopic (exact) mass is 217 g/mol. The third-order valence-electron chi connectivity index (χ3n) is 2.96. The number of nitrogens with zero attached hydrogens (tertiary/aromatic N) is 3. The molecule has 2 rings (SSSR count). The van der Waals surface area contributed by atoms with Gasteiger partial charge in [-0.2, -0.15) is 0 Å². The van der Waals surface area contributed by atoms with E-state index >= 15 is 0 Å². The second-order valence-electron chi connectivity index (χ2n) is 4.09. The molecule has 0 bridgehead atoms. The summed E-state index contributed by atoms with van der Waals surface area (Å²) in [5.74, 6) is 0.785. The van der Waals surface area contributed by atoms with Crippen LogP contribution in [0.1, 0.15) is 24.0 Å². The minimum atomic E-state index is 0.785. The molecule has 0 aromatic heterocycles. The highest BCUT2D eigenvalue weighted by molar-refractivity contribution is 6.00. The van der Waals surface area contributed by atoms with Gasteiger partial charge in [-0.15, -0.1) is 4.91 Å². The molecule has 0 radical (unpaired) electrons. The molecule has 0 atom stereocenters. The van der Waals surface area contributed by atoms with E-state index < -0.39 is 0 Å². The van der Waals surface area contributed by atoms with Gasteiger partial charge < -0.3 is 4.90 Å². The fourth-order valence-electron chi connectivity index (χ4n) is 2.28. The normalized spacial score (nSPS) is 18.1. The van der Waals surface area contributed by atoms with Crippen LogP contribution in [0, 0.1) is 18.8 Å². The van der Waals surface area contributed by atoms with Gasteiger partial charge in [-0.25, -0.2) is 0 Å². The van der Waals surface area contributed by atoms with E-state index in [2.05, 4.69) is 41.3 Å². The predicted octanol–water partition coefficient (Wildman–Crippen LogP) is 2.98. The van der Waals surface area contributed by atoms with Crippen LogP contribution in [0.5, 0.6) is 0 Å². The van der Waals surface area contributed by atoms with Crippen molar-refractivity contribution in [2.75, 3.05) is 11.4 Å². The molecule has 1 heterocycles. The van der Waals surface area contributed by atoms with Gasteiger partial charge >= 0.3 is 0 Å². The van der Waals surface area contributed by atoms with Crippen LogP contribution >= 0.6 is 0 Å². The van der Waals surface area contributed by atoms with Gasteiger partial charge in [0.1, 0.15) is 5.84 Å². The zero-order chi connectivity index (χ0) is 11.5. The quantitative estimate of drug-likeness (QED) is 0.564. The Bertz CT molecular complexity index is 420. The molecule has 0 unspecified atom stereocenters. The van der Waals surface area contributed by atoms with Crippen molar-refractivity contribution in [3.63, 3.8) is 0 Å². The van der Waals surface area contributed by atoms with E-state index in [1.54, 1.807) is 0 Å². The van der Waals surface area contributed by atoms with Gasteiger partial charge in [0.05, 0.1) is 5.29 Å². The Kier molecular flexibility index (Phi) is 2.99. The maximum Gasteiger partial charge on any atom is 0.135 e. The zero-order valence-corrected chi connectivity index (χ0v) is 9.60. The van der Waals surface area contributed by atoms with E-state index in [1.165, 1.54) is 16.8 Å². The topological polar surface area (TPSA) is 45.0 Å². The second-order valence-corrected chi connectivity index (χ2v) is 4.09. The third kappa shape index (κ3) is 1.83. The average molecular weight is 217 g/mol. The zero-order valence-electron chi connectivity index (χ0n) is 9.60. The Morgan fingerprint density at radius 1 is 1.25 bits per heavy atom. The summed E-state index contributed by atoms with van der Waals surface area (Å²) in [5.41, 5.74) is 3.59. The lowest BCUT2D eigenvalue weighted by Gasteiger charge is -2.22. The number of hydrogen-bond donors (Lipinski definition) is 0. The Labute approximate surface area is 94.9 Å². The van der Waals surface area contributed by atoms with Gasteiger partial charge in [0.15, 0.2) is 0 Å². The smallest absolute Gasteiger partial charge is 0.135 e. The van der Waals surface area contributed by atoms with E-state index in [-0.39, 0.29) is 0 Å². The van der Waals surface area contributed by atoms with Crippen molar-refractivity contribution in [2.45, 2.75) is 26.7 Å². The lowest BCUT2D eigenvalue weighted by Crippen LogP contribution is -2.25. The Morgan fingerprint density at radius 3 is 2.56 bits per heavy atom. The summed E-state index contributed by atoms with van der Waals surface area (Å²) in [6.07, 6.45) is 1.86. The lowest BCUT2D eigenvalue weighted by atomic mass is 10.1. The van der Waals surface area contributed by atoms with Crippen LogP contribution in [0.3, 0.4) is 0 Å². The molecule has 1 fully saturated rings. The molecule has 0 amide bonds. The number of nitroso groups, excluding NO2 is 1. The molecule has 0 spiro atoms. The van der Waals surface area contributed by atoms with E-state index in [0.717, 1.165) is 25.2 Å². The number of anilines is 1. The maximum absolute atomic E-state index is 10.2. The maximum atomic E-state index is 10.2. The first-order valence-corrected chi connectivity index (χ1v) is 5.47. The molecule has 84 valence electrons. The van der Waals surface area contributed by atoms with Crippen molar-refractivity contribution >= 4 is 11.5 Å². The van der Waals surface area contributed by atoms with Crippen LogP contribution < -0.4 is 4.90 Å². The van der Waals surface area contributed by atoms with Gasteiger partial charge in [0, 0.05) is 18.7 Å². The Balaban J connectivity index is 2.44. The van der Waals surface area contributed by atoms with Gasteiger partial charge in [-0.1, -0.05) is 23.3 Å². The minimum absolute atomic E-state index is 0.785. The molecular weight excluding hydrogens is 202 g/mol. The first-order chi connectivity index (χ1) is 7.74. The highest BCUT2D eigenvalue weighted by Gasteiger charge is 2.23. The van der Waals surface area contributed by atoms with Crippen molar-refractivity contribution in [1.82, 2.24) is 0 Å². The number of benzene rings is 1. The van der Waals surface area contributed by atoms with Crippen LogP contribution in [0.4, 0.5) is 5.69 Å². The Hall–Kier alpha value is -1.71. The van der Waals surface area contributed by atoms with Crippen molar-refractivity contribution in [3.8, 4) is 0 Å². The molecule has 1 aliphatic heterocycles. The number of aryl methyl sites for hydroxylation is 2. The van der Waals surface area contributed by atoms with Crippen LogP contribution in [-0.4, -0.2) is 12.4 Å². The van der Waals surface area contributed by atoms with Crippen molar-refractivity contribution in [2.24, 2.45) is 10.4 Å². The molecule has 0 N–H and O–H groups in total. The van der Waals surface area contributed by atoms with E-state index in [1.807, 2.05) is 6.07 Å². The van der Waals surface area contributed by atoms with Crippen LogP contribution in [0.2, 0.25) is 0 Å². The van der Waals surface area contributed by atoms with Crippen molar-refractivity contribution < 1.29 is 0 Å². The summed E-state index contributed by atoms with van der Waals surface area (Å²) in [6.45, 7) is 5.07. The Morgan fingerprint density at radius 2 is 1.94 bits per heavy atom. The summed E-state index contributed by atoms with van der Waals surface area (Å²) in [4.78, 5) is 12.3. The first-order valence-electron chi connectivity index (χ1n) is 5.47. The molecule has 1 aromatic rings. The molecule has 4 nitrogen and oxygen atoms in total. The number of hydrogen-bond acceptors (Lipinski definition) is 2. The van der Waals surface area contributed by atoms with Crippen LogP contribution in [0.25, 0.3) is 0 Å². The molecular formula is C12H15N3O. The molecule has 4 heteroatoms. The van der Waals surface area contributed by atoms with Gasteiger partial charge in [-0.3, -0.25) is 0 Å². The van der Waals surface area contributed by atoms with E-state index in [9.17, 15) is 4.91 Å². The fraction of sp³-hybridized carbons (Fsp3) is 0.417. The van der Waals surface area contributed by atoms with E-state index in [0.29, 0.717) is 0 Å². The summed E-state index contributed by atoms with van der Waals surface area (Å²) < 4.78 is 0. The van der Waals surface area contributed by atoms with E-state index in [4.69, 9.17) is 0 Å². The highest BCUT2D eigenvalue weighted by Crippen LogP contribution is 2.29.